The highest BCUT2D eigenvalue weighted by atomic mass is 32.2. The second-order valence-electron chi connectivity index (χ2n) is 9.92. The van der Waals surface area contributed by atoms with E-state index in [4.69, 9.17) is 4.74 Å². The number of amides is 1. The number of likely N-dealkylation sites (tertiary alicyclic amines) is 1. The molecule has 0 bridgehead atoms. The van der Waals surface area contributed by atoms with Crippen LogP contribution in [0.15, 0.2) is 17.0 Å². The summed E-state index contributed by atoms with van der Waals surface area (Å²) in [6, 6.07) is 3.33. The van der Waals surface area contributed by atoms with E-state index in [1.54, 1.807) is 37.9 Å². The average Bonchev–Trinajstić information content (AvgIpc) is 3.22. The number of carbonyl (C=O) groups is 2. The van der Waals surface area contributed by atoms with Crippen molar-refractivity contribution >= 4 is 21.7 Å². The Morgan fingerprint density at radius 1 is 1.09 bits per heavy atom. The molecule has 198 valence electrons. The van der Waals surface area contributed by atoms with Gasteiger partial charge in [0, 0.05) is 53.1 Å². The molecule has 9 nitrogen and oxygen atoms in total. The third kappa shape index (κ3) is 8.27. The van der Waals surface area contributed by atoms with Crippen molar-refractivity contribution in [2.75, 3.05) is 74.6 Å². The summed E-state index contributed by atoms with van der Waals surface area (Å²) in [6.07, 6.45) is 1.17. The van der Waals surface area contributed by atoms with E-state index in [0.29, 0.717) is 29.3 Å². The molecule has 1 heterocycles. The molecule has 1 aliphatic rings. The molecular weight excluding hydrogens is 468 g/mol. The third-order valence-corrected chi connectivity index (χ3v) is 8.66. The van der Waals surface area contributed by atoms with Crippen molar-refractivity contribution in [2.24, 2.45) is 5.92 Å². The molecule has 1 aromatic rings. The number of methoxy groups -OCH3 is 1. The van der Waals surface area contributed by atoms with Crippen LogP contribution in [0.4, 0.5) is 0 Å². The summed E-state index contributed by atoms with van der Waals surface area (Å²) < 4.78 is 32.5. The van der Waals surface area contributed by atoms with Crippen molar-refractivity contribution < 1.29 is 22.7 Å². The first-order valence-electron chi connectivity index (χ1n) is 12.1. The Balaban J connectivity index is 1.84. The summed E-state index contributed by atoms with van der Waals surface area (Å²) in [4.78, 5) is 31.6. The first-order valence-corrected chi connectivity index (χ1v) is 13.5. The number of rotatable bonds is 13. The fraction of sp³-hybridized carbons (Fsp3) is 0.680. The highest BCUT2D eigenvalue weighted by molar-refractivity contribution is 7.89. The van der Waals surface area contributed by atoms with Gasteiger partial charge in [0.25, 0.3) is 0 Å². The molecule has 0 aliphatic carbocycles. The molecule has 0 aromatic heterocycles. The molecule has 0 N–H and O–H groups in total. The lowest BCUT2D eigenvalue weighted by molar-refractivity contribution is -0.132. The SMILES string of the molecule is COc1cc(C)c(S(=O)(=O)N(C)CC(=O)CCC(=O)N(C)CC2CCN(CCN(C)C)C2)c(C)c1. The minimum absolute atomic E-state index is 0.0171. The van der Waals surface area contributed by atoms with Crippen molar-refractivity contribution in [3.63, 3.8) is 0 Å². The standard InChI is InChI=1S/C25H42N4O5S/c1-19-14-23(34-7)15-20(2)25(19)35(32,33)28(6)18-22(30)8-9-24(31)27(5)16-21-10-11-29(17-21)13-12-26(3)4/h14-15,21H,8-13,16-18H2,1-7H3. The van der Waals surface area contributed by atoms with Crippen molar-refractivity contribution in [3.8, 4) is 5.75 Å². The summed E-state index contributed by atoms with van der Waals surface area (Å²) in [5, 5.41) is 0. The zero-order valence-corrected chi connectivity index (χ0v) is 23.2. The highest BCUT2D eigenvalue weighted by Crippen LogP contribution is 2.27. The molecule has 1 aromatic carbocycles. The molecule has 0 saturated carbocycles. The van der Waals surface area contributed by atoms with Crippen LogP contribution in [-0.4, -0.2) is 114 Å². The molecule has 1 atom stereocenters. The Hall–Kier alpha value is -2.01. The van der Waals surface area contributed by atoms with Gasteiger partial charge in [0.05, 0.1) is 18.6 Å². The predicted molar refractivity (Wildman–Crippen MR) is 137 cm³/mol. The predicted octanol–water partition coefficient (Wildman–Crippen LogP) is 1.62. The molecule has 1 aliphatic heterocycles. The van der Waals surface area contributed by atoms with Crippen molar-refractivity contribution in [2.45, 2.75) is 38.0 Å². The van der Waals surface area contributed by atoms with Gasteiger partial charge in [0.1, 0.15) is 11.5 Å². The number of aryl methyl sites for hydroxylation is 2. The molecule has 0 radical (unpaired) electrons. The Labute approximate surface area is 211 Å². The number of carbonyl (C=O) groups excluding carboxylic acids is 2. The molecule has 1 fully saturated rings. The summed E-state index contributed by atoms with van der Waals surface area (Å²) in [5.41, 5.74) is 1.12. The lowest BCUT2D eigenvalue weighted by Gasteiger charge is -2.23. The number of benzene rings is 1. The van der Waals surface area contributed by atoms with Gasteiger partial charge < -0.3 is 19.4 Å². The van der Waals surface area contributed by atoms with Crippen LogP contribution in [0, 0.1) is 19.8 Å². The monoisotopic (exact) mass is 510 g/mol. The second-order valence-corrected chi connectivity index (χ2v) is 11.9. The maximum atomic E-state index is 13.1. The number of ketones is 1. The van der Waals surface area contributed by atoms with E-state index in [1.165, 1.54) is 14.2 Å². The quantitative estimate of drug-likeness (QED) is 0.398. The maximum Gasteiger partial charge on any atom is 0.243 e. The number of hydrogen-bond donors (Lipinski definition) is 0. The highest BCUT2D eigenvalue weighted by Gasteiger charge is 2.28. The van der Waals surface area contributed by atoms with Crippen LogP contribution >= 0.6 is 0 Å². The van der Waals surface area contributed by atoms with Gasteiger partial charge in [-0.2, -0.15) is 4.31 Å². The van der Waals surface area contributed by atoms with Gasteiger partial charge in [-0.15, -0.1) is 0 Å². The largest absolute Gasteiger partial charge is 0.497 e. The minimum Gasteiger partial charge on any atom is -0.497 e. The van der Waals surface area contributed by atoms with Crippen LogP contribution in [-0.2, 0) is 19.6 Å². The zero-order chi connectivity index (χ0) is 26.3. The van der Waals surface area contributed by atoms with E-state index in [1.807, 2.05) is 0 Å². The Morgan fingerprint density at radius 3 is 2.29 bits per heavy atom. The van der Waals surface area contributed by atoms with Gasteiger partial charge in [-0.25, -0.2) is 8.42 Å². The smallest absolute Gasteiger partial charge is 0.243 e. The van der Waals surface area contributed by atoms with E-state index >= 15 is 0 Å². The van der Waals surface area contributed by atoms with Gasteiger partial charge in [-0.1, -0.05) is 0 Å². The second kappa shape index (κ2) is 12.8. The Morgan fingerprint density at radius 2 is 1.71 bits per heavy atom. The minimum atomic E-state index is -3.85. The van der Waals surface area contributed by atoms with E-state index in [-0.39, 0.29) is 36.0 Å². The Kier molecular flexibility index (Phi) is 10.7. The van der Waals surface area contributed by atoms with Crippen LogP contribution in [0.3, 0.4) is 0 Å². The fourth-order valence-electron chi connectivity index (χ4n) is 4.54. The first-order chi connectivity index (χ1) is 16.3. The zero-order valence-electron chi connectivity index (χ0n) is 22.3. The summed E-state index contributed by atoms with van der Waals surface area (Å²) in [5.74, 6) is 0.656. The topological polar surface area (TPSA) is 90.5 Å². The van der Waals surface area contributed by atoms with Crippen LogP contribution in [0.1, 0.15) is 30.4 Å². The van der Waals surface area contributed by atoms with E-state index in [9.17, 15) is 18.0 Å². The summed E-state index contributed by atoms with van der Waals surface area (Å²) in [7, 11) is 4.98. The first kappa shape index (κ1) is 29.2. The third-order valence-electron chi connectivity index (χ3n) is 6.55. The number of nitrogens with zero attached hydrogens (tertiary/aromatic N) is 4. The molecule has 1 saturated heterocycles. The summed E-state index contributed by atoms with van der Waals surface area (Å²) in [6.45, 7) is 7.90. The van der Waals surface area contributed by atoms with Gasteiger partial charge >= 0.3 is 0 Å². The van der Waals surface area contributed by atoms with Gasteiger partial charge in [-0.05, 0) is 70.1 Å². The number of hydrogen-bond acceptors (Lipinski definition) is 7. The summed E-state index contributed by atoms with van der Waals surface area (Å²) >= 11 is 0. The van der Waals surface area contributed by atoms with E-state index in [2.05, 4.69) is 23.9 Å². The molecular formula is C25H42N4O5S. The number of sulfonamides is 1. The molecule has 2 rings (SSSR count). The normalized spacial score (nSPS) is 16.8. The molecule has 10 heteroatoms. The van der Waals surface area contributed by atoms with Crippen LogP contribution in [0.5, 0.6) is 5.75 Å². The molecule has 0 spiro atoms. The molecule has 35 heavy (non-hydrogen) atoms. The molecule has 1 unspecified atom stereocenters. The number of Topliss-reactive ketones (excluding diaryl/α,β-unsaturated/α-hetero) is 1. The fourth-order valence-corrected chi connectivity index (χ4v) is 6.09. The number of ether oxygens (including phenoxy) is 1. The Bertz CT molecular complexity index is 973. The van der Waals surface area contributed by atoms with Crippen molar-refractivity contribution in [3.05, 3.63) is 23.3 Å². The van der Waals surface area contributed by atoms with Crippen LogP contribution in [0.2, 0.25) is 0 Å². The number of likely N-dealkylation sites (N-methyl/N-ethyl adjacent to an activating group) is 2. The lowest BCUT2D eigenvalue weighted by atomic mass is 10.1. The van der Waals surface area contributed by atoms with E-state index < -0.39 is 10.0 Å². The van der Waals surface area contributed by atoms with Gasteiger partial charge in [0.2, 0.25) is 15.9 Å². The van der Waals surface area contributed by atoms with E-state index in [0.717, 1.165) is 36.9 Å². The van der Waals surface area contributed by atoms with Gasteiger partial charge in [-0.3, -0.25) is 9.59 Å². The van der Waals surface area contributed by atoms with Crippen molar-refractivity contribution in [1.29, 1.82) is 0 Å². The molecule has 1 amide bonds. The van der Waals surface area contributed by atoms with Crippen molar-refractivity contribution in [1.82, 2.24) is 19.0 Å². The van der Waals surface area contributed by atoms with Crippen LogP contribution < -0.4 is 4.74 Å². The lowest BCUT2D eigenvalue weighted by Crippen LogP contribution is -2.35. The maximum absolute atomic E-state index is 13.1. The van der Waals surface area contributed by atoms with Gasteiger partial charge in [0.15, 0.2) is 0 Å². The average molecular weight is 511 g/mol. The van der Waals surface area contributed by atoms with Crippen LogP contribution in [0.25, 0.3) is 0 Å².